The van der Waals surface area contributed by atoms with Gasteiger partial charge in [0, 0.05) is 44.2 Å². The van der Waals surface area contributed by atoms with Crippen LogP contribution in [0.5, 0.6) is 0 Å². The third-order valence-electron chi connectivity index (χ3n) is 5.16. The van der Waals surface area contributed by atoms with Crippen LogP contribution in [-0.2, 0) is 27.1 Å². The van der Waals surface area contributed by atoms with E-state index in [1.54, 1.807) is 6.92 Å². The van der Waals surface area contributed by atoms with Crippen molar-refractivity contribution in [3.8, 4) is 0 Å². The van der Waals surface area contributed by atoms with Gasteiger partial charge in [-0.05, 0) is 78.9 Å². The first-order chi connectivity index (χ1) is 15.9. The van der Waals surface area contributed by atoms with Gasteiger partial charge >= 0.3 is 0 Å². The Hall–Kier alpha value is 0.560. The molecule has 1 aromatic carbocycles. The number of rotatable bonds is 14. The van der Waals surface area contributed by atoms with E-state index in [1.807, 2.05) is 45.2 Å². The molecular weight excluding hydrogens is 791 g/mol. The summed E-state index contributed by atoms with van der Waals surface area (Å²) in [6, 6.07) is 0. The van der Waals surface area contributed by atoms with E-state index in [9.17, 15) is 35.4 Å². The summed E-state index contributed by atoms with van der Waals surface area (Å²) in [7, 11) is 2.73. The van der Waals surface area contributed by atoms with Crippen LogP contribution in [-0.4, -0.2) is 101 Å². The van der Waals surface area contributed by atoms with Crippen molar-refractivity contribution in [1.29, 1.82) is 0 Å². The van der Waals surface area contributed by atoms with Crippen molar-refractivity contribution in [2.24, 2.45) is 0 Å². The van der Waals surface area contributed by atoms with Gasteiger partial charge in [0.15, 0.2) is 0 Å². The SMILES string of the molecule is CCC(=O)Nc1c(I)c(CC(O)C(O)C(O)COC)c(I)c(CC(O)C(O)C(O)COC)c1I. The summed E-state index contributed by atoms with van der Waals surface area (Å²) in [4.78, 5) is 12.2. The average Bonchev–Trinajstić information content (AvgIpc) is 2.80. The minimum absolute atomic E-state index is 0.0532. The Kier molecular flexibility index (Phi) is 15.1. The molecule has 0 aliphatic carbocycles. The van der Waals surface area contributed by atoms with Gasteiger partial charge in [-0.2, -0.15) is 0 Å². The predicted octanol–water partition coefficient (Wildman–Crippen LogP) is 0.392. The quantitative estimate of drug-likeness (QED) is 0.132. The molecule has 0 fully saturated rings. The van der Waals surface area contributed by atoms with Crippen molar-refractivity contribution in [3.05, 3.63) is 21.8 Å². The van der Waals surface area contributed by atoms with E-state index in [1.165, 1.54) is 14.2 Å². The van der Waals surface area contributed by atoms with Gasteiger partial charge in [0.25, 0.3) is 0 Å². The largest absolute Gasteiger partial charge is 0.390 e. The van der Waals surface area contributed by atoms with Crippen molar-refractivity contribution in [3.63, 3.8) is 0 Å². The topological polar surface area (TPSA) is 169 Å². The molecule has 0 spiro atoms. The molecule has 0 aromatic heterocycles. The van der Waals surface area contributed by atoms with Crippen LogP contribution in [0.25, 0.3) is 0 Å². The molecule has 13 heteroatoms. The van der Waals surface area contributed by atoms with Crippen LogP contribution in [0.3, 0.4) is 0 Å². The summed E-state index contributed by atoms with van der Waals surface area (Å²) in [5, 5.41) is 64.6. The molecule has 10 nitrogen and oxygen atoms in total. The van der Waals surface area contributed by atoms with E-state index in [0.29, 0.717) is 27.5 Å². The molecular formula is C21H32I3NO9. The number of carbonyl (C=O) groups excluding carboxylic acids is 1. The number of nitrogens with one attached hydrogen (secondary N) is 1. The smallest absolute Gasteiger partial charge is 0.224 e. The average molecular weight is 823 g/mol. The highest BCUT2D eigenvalue weighted by Gasteiger charge is 2.31. The number of carbonyl (C=O) groups is 1. The molecule has 0 aliphatic heterocycles. The standard InChI is InChI=1S/C21H32I3NO9/c1-4-15(30)25-19-17(23)9(5-11(26)20(31)13(28)7-33-2)16(22)10(18(19)24)6-12(27)21(32)14(29)8-34-3/h11-14,20-21,26-29,31-32H,4-8H2,1-3H3,(H,25,30). The maximum absolute atomic E-state index is 12.2. The van der Waals surface area contributed by atoms with Crippen molar-refractivity contribution in [2.75, 3.05) is 32.8 Å². The number of anilines is 1. The maximum Gasteiger partial charge on any atom is 0.224 e. The number of amides is 1. The van der Waals surface area contributed by atoms with Crippen LogP contribution in [0.2, 0.25) is 0 Å². The Bertz CT molecular complexity index is 761. The Labute approximate surface area is 239 Å². The fraction of sp³-hybridized carbons (Fsp3) is 0.667. The van der Waals surface area contributed by atoms with E-state index < -0.39 is 36.6 Å². The first-order valence-corrected chi connectivity index (χ1v) is 13.7. The molecule has 0 bridgehead atoms. The number of benzene rings is 1. The highest BCUT2D eigenvalue weighted by molar-refractivity contribution is 14.1. The summed E-state index contributed by atoms with van der Waals surface area (Å²) in [5.74, 6) is -0.235. The zero-order chi connectivity index (χ0) is 26.2. The normalized spacial score (nSPS) is 17.1. The number of ether oxygens (including phenoxy) is 2. The van der Waals surface area contributed by atoms with E-state index in [-0.39, 0.29) is 38.4 Å². The number of halogens is 3. The number of aliphatic hydroxyl groups excluding tert-OH is 6. The minimum Gasteiger partial charge on any atom is -0.390 e. The van der Waals surface area contributed by atoms with Crippen LogP contribution < -0.4 is 5.32 Å². The predicted molar refractivity (Wildman–Crippen MR) is 151 cm³/mol. The van der Waals surface area contributed by atoms with Gasteiger partial charge < -0.3 is 45.4 Å². The van der Waals surface area contributed by atoms with Gasteiger partial charge in [-0.25, -0.2) is 0 Å². The fourth-order valence-electron chi connectivity index (χ4n) is 3.18. The van der Waals surface area contributed by atoms with Gasteiger partial charge in [0.2, 0.25) is 5.91 Å². The molecule has 1 amide bonds. The number of methoxy groups -OCH3 is 2. The molecule has 0 saturated carbocycles. The molecule has 0 saturated heterocycles. The monoisotopic (exact) mass is 823 g/mol. The summed E-state index contributed by atoms with van der Waals surface area (Å²) < 4.78 is 11.6. The van der Waals surface area contributed by atoms with Crippen molar-refractivity contribution >= 4 is 79.4 Å². The molecule has 1 rings (SSSR count). The number of aliphatic hydroxyl groups is 6. The molecule has 7 N–H and O–H groups in total. The lowest BCUT2D eigenvalue weighted by Gasteiger charge is -2.27. The summed E-state index contributed by atoms with van der Waals surface area (Å²) in [6.45, 7) is 1.39. The van der Waals surface area contributed by atoms with Crippen LogP contribution in [0.4, 0.5) is 5.69 Å². The lowest BCUT2D eigenvalue weighted by Crippen LogP contribution is -2.42. The lowest BCUT2D eigenvalue weighted by molar-refractivity contribution is -0.115. The zero-order valence-corrected chi connectivity index (χ0v) is 25.5. The van der Waals surface area contributed by atoms with Gasteiger partial charge in [-0.3, -0.25) is 4.79 Å². The second-order valence-electron chi connectivity index (χ2n) is 7.75. The molecule has 34 heavy (non-hydrogen) atoms. The van der Waals surface area contributed by atoms with Gasteiger partial charge in [0.1, 0.15) is 24.4 Å². The highest BCUT2D eigenvalue weighted by atomic mass is 127. The maximum atomic E-state index is 12.2. The van der Waals surface area contributed by atoms with Gasteiger partial charge in [-0.15, -0.1) is 0 Å². The Morgan fingerprint density at radius 3 is 1.47 bits per heavy atom. The zero-order valence-electron chi connectivity index (χ0n) is 19.0. The van der Waals surface area contributed by atoms with Gasteiger partial charge in [0.05, 0.1) is 31.1 Å². The number of hydrogen-bond donors (Lipinski definition) is 7. The first kappa shape index (κ1) is 32.6. The second kappa shape index (κ2) is 15.7. The fourth-order valence-corrected chi connectivity index (χ4v) is 7.50. The minimum atomic E-state index is -1.47. The van der Waals surface area contributed by atoms with Crippen molar-refractivity contribution in [1.82, 2.24) is 0 Å². The molecule has 0 heterocycles. The van der Waals surface area contributed by atoms with Crippen LogP contribution in [0.15, 0.2) is 0 Å². The summed E-state index contributed by atoms with van der Waals surface area (Å²) >= 11 is 6.14. The third kappa shape index (κ3) is 8.84. The van der Waals surface area contributed by atoms with E-state index in [4.69, 9.17) is 9.47 Å². The van der Waals surface area contributed by atoms with Crippen LogP contribution in [0.1, 0.15) is 24.5 Å². The van der Waals surface area contributed by atoms with Crippen molar-refractivity contribution in [2.45, 2.75) is 62.8 Å². The molecule has 1 aromatic rings. The first-order valence-electron chi connectivity index (χ1n) is 10.4. The van der Waals surface area contributed by atoms with E-state index in [2.05, 4.69) is 27.9 Å². The Balaban J connectivity index is 3.45. The molecule has 6 unspecified atom stereocenters. The van der Waals surface area contributed by atoms with Crippen molar-refractivity contribution < 1.29 is 44.9 Å². The molecule has 0 radical (unpaired) electrons. The number of hydrogen-bond acceptors (Lipinski definition) is 9. The Morgan fingerprint density at radius 1 is 0.765 bits per heavy atom. The van der Waals surface area contributed by atoms with Crippen LogP contribution in [0, 0.1) is 10.7 Å². The summed E-state index contributed by atoms with van der Waals surface area (Å²) in [6.07, 6.45) is -8.08. The molecule has 0 aliphatic rings. The van der Waals surface area contributed by atoms with E-state index in [0.717, 1.165) is 0 Å². The molecule has 196 valence electrons. The van der Waals surface area contributed by atoms with E-state index >= 15 is 0 Å². The molecule has 6 atom stereocenters. The highest BCUT2D eigenvalue weighted by Crippen LogP contribution is 2.37. The lowest BCUT2D eigenvalue weighted by atomic mass is 9.95. The Morgan fingerprint density at radius 2 is 1.15 bits per heavy atom. The second-order valence-corrected chi connectivity index (χ2v) is 11.0. The third-order valence-corrected chi connectivity index (χ3v) is 8.85. The van der Waals surface area contributed by atoms with Gasteiger partial charge in [-0.1, -0.05) is 6.92 Å². The summed E-state index contributed by atoms with van der Waals surface area (Å²) in [5.41, 5.74) is 1.67. The van der Waals surface area contributed by atoms with Crippen LogP contribution >= 0.6 is 67.8 Å².